The van der Waals surface area contributed by atoms with Crippen molar-refractivity contribution in [2.45, 2.75) is 6.61 Å². The standard InChI is InChI=1S/C20H14BrNO/c21-18-9-10-20(17(11-18)13-22)16-7-4-8-19(12-16)23-14-15-5-2-1-3-6-15/h1-12H,14H2. The fraction of sp³-hybridized carbons (Fsp3) is 0.0500. The molecule has 112 valence electrons. The number of rotatable bonds is 4. The van der Waals surface area contributed by atoms with Crippen LogP contribution >= 0.6 is 15.9 Å². The first-order chi connectivity index (χ1) is 11.3. The maximum Gasteiger partial charge on any atom is 0.120 e. The molecule has 23 heavy (non-hydrogen) atoms. The van der Waals surface area contributed by atoms with Crippen molar-refractivity contribution < 1.29 is 4.74 Å². The largest absolute Gasteiger partial charge is 0.489 e. The summed E-state index contributed by atoms with van der Waals surface area (Å²) in [5, 5.41) is 9.32. The van der Waals surface area contributed by atoms with E-state index in [1.165, 1.54) is 0 Å². The maximum atomic E-state index is 9.32. The van der Waals surface area contributed by atoms with Gasteiger partial charge < -0.3 is 4.74 Å². The van der Waals surface area contributed by atoms with E-state index < -0.39 is 0 Å². The quantitative estimate of drug-likeness (QED) is 0.607. The van der Waals surface area contributed by atoms with E-state index in [2.05, 4.69) is 22.0 Å². The second-order valence-corrected chi connectivity index (χ2v) is 6.02. The van der Waals surface area contributed by atoms with Gasteiger partial charge in [-0.05, 0) is 41.0 Å². The molecule has 0 atom stereocenters. The zero-order chi connectivity index (χ0) is 16.1. The lowest BCUT2D eigenvalue weighted by Crippen LogP contribution is -1.95. The summed E-state index contributed by atoms with van der Waals surface area (Å²) < 4.78 is 6.76. The van der Waals surface area contributed by atoms with Gasteiger partial charge in [-0.3, -0.25) is 0 Å². The summed E-state index contributed by atoms with van der Waals surface area (Å²) in [7, 11) is 0. The van der Waals surface area contributed by atoms with Gasteiger partial charge in [0.1, 0.15) is 12.4 Å². The minimum absolute atomic E-state index is 0.524. The number of ether oxygens (including phenoxy) is 1. The van der Waals surface area contributed by atoms with Crippen LogP contribution in [0.2, 0.25) is 0 Å². The van der Waals surface area contributed by atoms with Crippen molar-refractivity contribution in [2.24, 2.45) is 0 Å². The minimum atomic E-state index is 0.524. The molecule has 0 unspecified atom stereocenters. The van der Waals surface area contributed by atoms with E-state index in [1.807, 2.05) is 72.8 Å². The summed E-state index contributed by atoms with van der Waals surface area (Å²) in [5.41, 5.74) is 3.64. The molecule has 0 saturated heterocycles. The summed E-state index contributed by atoms with van der Waals surface area (Å²) in [6.45, 7) is 0.524. The summed E-state index contributed by atoms with van der Waals surface area (Å²) >= 11 is 3.40. The van der Waals surface area contributed by atoms with Gasteiger partial charge >= 0.3 is 0 Å². The van der Waals surface area contributed by atoms with Crippen LogP contribution in [0.1, 0.15) is 11.1 Å². The second kappa shape index (κ2) is 7.13. The van der Waals surface area contributed by atoms with Crippen LogP contribution in [-0.2, 0) is 6.61 Å². The van der Waals surface area contributed by atoms with Gasteiger partial charge in [0.15, 0.2) is 0 Å². The topological polar surface area (TPSA) is 33.0 Å². The molecule has 0 aliphatic rings. The molecule has 3 aromatic rings. The van der Waals surface area contributed by atoms with Gasteiger partial charge in [-0.25, -0.2) is 0 Å². The monoisotopic (exact) mass is 363 g/mol. The molecule has 3 aromatic carbocycles. The van der Waals surface area contributed by atoms with Crippen molar-refractivity contribution in [3.8, 4) is 22.9 Å². The SMILES string of the molecule is N#Cc1cc(Br)ccc1-c1cccc(OCc2ccccc2)c1. The molecule has 2 nitrogen and oxygen atoms in total. The molecular formula is C20H14BrNO. The average Bonchev–Trinajstić information content (AvgIpc) is 2.61. The Labute approximate surface area is 144 Å². The lowest BCUT2D eigenvalue weighted by Gasteiger charge is -2.09. The Hall–Kier alpha value is -2.57. The van der Waals surface area contributed by atoms with Crippen molar-refractivity contribution in [3.63, 3.8) is 0 Å². The number of hydrogen-bond acceptors (Lipinski definition) is 2. The molecule has 0 radical (unpaired) electrons. The Morgan fingerprint density at radius 2 is 1.74 bits per heavy atom. The summed E-state index contributed by atoms with van der Waals surface area (Å²) in [5.74, 6) is 0.790. The number of nitriles is 1. The Kier molecular flexibility index (Phi) is 4.75. The lowest BCUT2D eigenvalue weighted by molar-refractivity contribution is 0.306. The molecule has 0 saturated carbocycles. The van der Waals surface area contributed by atoms with Gasteiger partial charge in [-0.15, -0.1) is 0 Å². The predicted octanol–water partition coefficient (Wildman–Crippen LogP) is 5.57. The minimum Gasteiger partial charge on any atom is -0.489 e. The molecule has 3 rings (SSSR count). The summed E-state index contributed by atoms with van der Waals surface area (Å²) in [6, 6.07) is 25.8. The van der Waals surface area contributed by atoms with E-state index in [0.29, 0.717) is 12.2 Å². The predicted molar refractivity (Wildman–Crippen MR) is 95.1 cm³/mol. The van der Waals surface area contributed by atoms with Crippen LogP contribution in [0.5, 0.6) is 5.75 Å². The maximum absolute atomic E-state index is 9.32. The van der Waals surface area contributed by atoms with Crippen LogP contribution in [-0.4, -0.2) is 0 Å². The van der Waals surface area contributed by atoms with Gasteiger partial charge in [-0.2, -0.15) is 5.26 Å². The van der Waals surface area contributed by atoms with Crippen LogP contribution in [0.3, 0.4) is 0 Å². The highest BCUT2D eigenvalue weighted by atomic mass is 79.9. The normalized spacial score (nSPS) is 10.1. The third-order valence-corrected chi connectivity index (χ3v) is 3.99. The van der Waals surface area contributed by atoms with Gasteiger partial charge in [-0.1, -0.05) is 64.5 Å². The second-order valence-electron chi connectivity index (χ2n) is 5.10. The van der Waals surface area contributed by atoms with Crippen molar-refractivity contribution >= 4 is 15.9 Å². The number of hydrogen-bond donors (Lipinski definition) is 0. The fourth-order valence-corrected chi connectivity index (χ4v) is 2.72. The van der Waals surface area contributed by atoms with Crippen LogP contribution in [0.15, 0.2) is 77.3 Å². The van der Waals surface area contributed by atoms with E-state index in [9.17, 15) is 5.26 Å². The third kappa shape index (κ3) is 3.80. The molecule has 0 aliphatic carbocycles. The zero-order valence-electron chi connectivity index (χ0n) is 12.4. The molecule has 0 aliphatic heterocycles. The lowest BCUT2D eigenvalue weighted by atomic mass is 10.0. The van der Waals surface area contributed by atoms with Crippen LogP contribution < -0.4 is 4.74 Å². The Bertz CT molecular complexity index is 853. The molecular weight excluding hydrogens is 350 g/mol. The molecule has 0 heterocycles. The Morgan fingerprint density at radius 1 is 0.913 bits per heavy atom. The van der Waals surface area contributed by atoms with E-state index in [0.717, 1.165) is 26.9 Å². The Balaban J connectivity index is 1.84. The van der Waals surface area contributed by atoms with Crippen molar-refractivity contribution in [1.29, 1.82) is 5.26 Å². The summed E-state index contributed by atoms with van der Waals surface area (Å²) in [6.07, 6.45) is 0. The van der Waals surface area contributed by atoms with Gasteiger partial charge in [0.25, 0.3) is 0 Å². The average molecular weight is 364 g/mol. The molecule has 0 fully saturated rings. The van der Waals surface area contributed by atoms with E-state index in [1.54, 1.807) is 0 Å². The van der Waals surface area contributed by atoms with Crippen molar-refractivity contribution in [2.75, 3.05) is 0 Å². The van der Waals surface area contributed by atoms with Crippen LogP contribution in [0, 0.1) is 11.3 Å². The molecule has 0 bridgehead atoms. The smallest absolute Gasteiger partial charge is 0.120 e. The number of nitrogens with zero attached hydrogens (tertiary/aromatic N) is 1. The fourth-order valence-electron chi connectivity index (χ4n) is 2.36. The highest BCUT2D eigenvalue weighted by Crippen LogP contribution is 2.29. The molecule has 3 heteroatoms. The first-order valence-corrected chi connectivity index (χ1v) is 8.02. The highest BCUT2D eigenvalue weighted by Gasteiger charge is 2.07. The third-order valence-electron chi connectivity index (χ3n) is 3.50. The van der Waals surface area contributed by atoms with E-state index >= 15 is 0 Å². The van der Waals surface area contributed by atoms with Crippen molar-refractivity contribution in [1.82, 2.24) is 0 Å². The van der Waals surface area contributed by atoms with E-state index in [-0.39, 0.29) is 0 Å². The van der Waals surface area contributed by atoms with E-state index in [4.69, 9.17) is 4.74 Å². The molecule has 0 amide bonds. The Morgan fingerprint density at radius 3 is 2.52 bits per heavy atom. The highest BCUT2D eigenvalue weighted by molar-refractivity contribution is 9.10. The molecule has 0 spiro atoms. The first kappa shape index (κ1) is 15.3. The van der Waals surface area contributed by atoms with Gasteiger partial charge in [0, 0.05) is 4.47 Å². The van der Waals surface area contributed by atoms with Gasteiger partial charge in [0.05, 0.1) is 11.6 Å². The zero-order valence-corrected chi connectivity index (χ0v) is 14.0. The summed E-state index contributed by atoms with van der Waals surface area (Å²) in [4.78, 5) is 0. The number of halogens is 1. The van der Waals surface area contributed by atoms with Crippen LogP contribution in [0.4, 0.5) is 0 Å². The van der Waals surface area contributed by atoms with Crippen molar-refractivity contribution in [3.05, 3.63) is 88.4 Å². The first-order valence-electron chi connectivity index (χ1n) is 7.23. The van der Waals surface area contributed by atoms with Crippen LogP contribution in [0.25, 0.3) is 11.1 Å². The molecule has 0 N–H and O–H groups in total. The molecule has 0 aromatic heterocycles. The van der Waals surface area contributed by atoms with Gasteiger partial charge in [0.2, 0.25) is 0 Å². The number of benzene rings is 3.